The van der Waals surface area contributed by atoms with Gasteiger partial charge in [0.25, 0.3) is 0 Å². The largest absolute Gasteiger partial charge is 0.325 e. The smallest absolute Gasteiger partial charge is 0.237 e. The Morgan fingerprint density at radius 2 is 1.70 bits per heavy atom. The van der Waals surface area contributed by atoms with E-state index in [4.69, 9.17) is 0 Å². The van der Waals surface area contributed by atoms with Crippen LogP contribution in [0.4, 0.5) is 5.69 Å². The first-order valence-corrected chi connectivity index (χ1v) is 8.30. The van der Waals surface area contributed by atoms with Crippen LogP contribution >= 0.6 is 34.4 Å². The fourth-order valence-corrected chi connectivity index (χ4v) is 2.88. The Kier molecular flexibility index (Phi) is 5.48. The highest BCUT2D eigenvalue weighted by molar-refractivity contribution is 14.1. The Labute approximate surface area is 137 Å². The van der Waals surface area contributed by atoms with Gasteiger partial charge in [-0.1, -0.05) is 17.7 Å². The van der Waals surface area contributed by atoms with E-state index in [1.54, 1.807) is 11.8 Å². The number of halogens is 1. The highest BCUT2D eigenvalue weighted by atomic mass is 127. The number of rotatable bonds is 4. The van der Waals surface area contributed by atoms with Crippen molar-refractivity contribution in [3.8, 4) is 0 Å². The van der Waals surface area contributed by atoms with Crippen LogP contribution in [0.5, 0.6) is 0 Å². The van der Waals surface area contributed by atoms with E-state index in [-0.39, 0.29) is 11.2 Å². The van der Waals surface area contributed by atoms with Gasteiger partial charge in [0, 0.05) is 14.2 Å². The van der Waals surface area contributed by atoms with Crippen molar-refractivity contribution in [2.75, 3.05) is 5.32 Å². The topological polar surface area (TPSA) is 29.1 Å². The monoisotopic (exact) mass is 397 g/mol. The zero-order valence-corrected chi connectivity index (χ0v) is 14.4. The highest BCUT2D eigenvalue weighted by Crippen LogP contribution is 2.24. The van der Waals surface area contributed by atoms with Crippen molar-refractivity contribution in [1.29, 1.82) is 0 Å². The maximum atomic E-state index is 12.1. The minimum absolute atomic E-state index is 0.0248. The molecular weight excluding hydrogens is 381 g/mol. The third kappa shape index (κ3) is 4.52. The fourth-order valence-electron chi connectivity index (χ4n) is 1.65. The molecule has 1 unspecified atom stereocenters. The van der Waals surface area contributed by atoms with Gasteiger partial charge < -0.3 is 5.32 Å². The van der Waals surface area contributed by atoms with E-state index in [9.17, 15) is 4.79 Å². The molecule has 0 aromatic heterocycles. The van der Waals surface area contributed by atoms with Crippen LogP contribution in [-0.2, 0) is 4.79 Å². The van der Waals surface area contributed by atoms with Crippen molar-refractivity contribution in [3.05, 3.63) is 57.7 Å². The molecule has 2 aromatic rings. The number of hydrogen-bond donors (Lipinski definition) is 1. The summed E-state index contributed by atoms with van der Waals surface area (Å²) in [7, 11) is 0. The summed E-state index contributed by atoms with van der Waals surface area (Å²) >= 11 is 3.81. The molecule has 0 saturated heterocycles. The van der Waals surface area contributed by atoms with Crippen LogP contribution in [-0.4, -0.2) is 11.2 Å². The average Bonchev–Trinajstić information content (AvgIpc) is 2.44. The zero-order valence-electron chi connectivity index (χ0n) is 11.4. The molecule has 2 nitrogen and oxygen atoms in total. The molecular formula is C16H16INOS. The van der Waals surface area contributed by atoms with Gasteiger partial charge in [-0.15, -0.1) is 11.8 Å². The van der Waals surface area contributed by atoms with E-state index in [1.807, 2.05) is 31.2 Å². The number of nitrogens with one attached hydrogen (secondary N) is 1. The number of benzene rings is 2. The van der Waals surface area contributed by atoms with E-state index >= 15 is 0 Å². The predicted molar refractivity (Wildman–Crippen MR) is 94.3 cm³/mol. The lowest BCUT2D eigenvalue weighted by molar-refractivity contribution is -0.115. The van der Waals surface area contributed by atoms with Crippen LogP contribution in [0.25, 0.3) is 0 Å². The van der Waals surface area contributed by atoms with E-state index in [0.29, 0.717) is 0 Å². The van der Waals surface area contributed by atoms with Crippen molar-refractivity contribution in [2.24, 2.45) is 0 Å². The number of anilines is 1. The van der Waals surface area contributed by atoms with Gasteiger partial charge in [-0.25, -0.2) is 0 Å². The van der Waals surface area contributed by atoms with E-state index < -0.39 is 0 Å². The highest BCUT2D eigenvalue weighted by Gasteiger charge is 2.14. The third-order valence-electron chi connectivity index (χ3n) is 2.81. The van der Waals surface area contributed by atoms with Gasteiger partial charge in [-0.05, 0) is 72.8 Å². The number of amides is 1. The fraction of sp³-hybridized carbons (Fsp3) is 0.188. The predicted octanol–water partition coefficient (Wildman–Crippen LogP) is 4.72. The van der Waals surface area contributed by atoms with Crippen molar-refractivity contribution in [1.82, 2.24) is 0 Å². The first kappa shape index (κ1) is 15.4. The molecule has 0 fully saturated rings. The van der Waals surface area contributed by atoms with Gasteiger partial charge >= 0.3 is 0 Å². The van der Waals surface area contributed by atoms with Crippen molar-refractivity contribution < 1.29 is 4.79 Å². The lowest BCUT2D eigenvalue weighted by Crippen LogP contribution is -2.22. The summed E-state index contributed by atoms with van der Waals surface area (Å²) < 4.78 is 1.16. The van der Waals surface area contributed by atoms with Crippen LogP contribution in [0.3, 0.4) is 0 Å². The van der Waals surface area contributed by atoms with Gasteiger partial charge in [0.15, 0.2) is 0 Å². The van der Waals surface area contributed by atoms with Crippen LogP contribution in [0, 0.1) is 10.5 Å². The van der Waals surface area contributed by atoms with Gasteiger partial charge in [0.05, 0.1) is 5.25 Å². The molecule has 0 bridgehead atoms. The number of hydrogen-bond acceptors (Lipinski definition) is 2. The van der Waals surface area contributed by atoms with Crippen molar-refractivity contribution in [3.63, 3.8) is 0 Å². The third-order valence-corrected chi connectivity index (χ3v) is 4.65. The van der Waals surface area contributed by atoms with Gasteiger partial charge in [-0.2, -0.15) is 0 Å². The number of carbonyl (C=O) groups is 1. The minimum atomic E-state index is -0.128. The molecule has 2 aromatic carbocycles. The molecule has 0 spiro atoms. The van der Waals surface area contributed by atoms with Crippen LogP contribution in [0.1, 0.15) is 12.5 Å². The molecule has 0 radical (unpaired) electrons. The Morgan fingerprint density at radius 1 is 1.10 bits per heavy atom. The second kappa shape index (κ2) is 7.13. The summed E-state index contributed by atoms with van der Waals surface area (Å²) in [6.45, 7) is 3.98. The Bertz CT molecular complexity index is 580. The lowest BCUT2D eigenvalue weighted by Gasteiger charge is -2.12. The van der Waals surface area contributed by atoms with E-state index in [1.165, 1.54) is 5.56 Å². The summed E-state index contributed by atoms with van der Waals surface area (Å²) in [6, 6.07) is 16.0. The second-order valence-corrected chi connectivity index (χ2v) is 7.23. The summed E-state index contributed by atoms with van der Waals surface area (Å²) in [5.41, 5.74) is 2.07. The maximum Gasteiger partial charge on any atom is 0.237 e. The molecule has 0 saturated carbocycles. The Balaban J connectivity index is 1.94. The normalized spacial score (nSPS) is 11.9. The summed E-state index contributed by atoms with van der Waals surface area (Å²) in [5.74, 6) is 0.0248. The van der Waals surface area contributed by atoms with Crippen molar-refractivity contribution >= 4 is 45.9 Å². The summed E-state index contributed by atoms with van der Waals surface area (Å²) in [6.07, 6.45) is 0. The first-order valence-electron chi connectivity index (χ1n) is 6.34. The zero-order chi connectivity index (χ0) is 14.5. The molecule has 1 atom stereocenters. The molecule has 1 amide bonds. The van der Waals surface area contributed by atoms with Crippen LogP contribution in [0.15, 0.2) is 53.4 Å². The number of carbonyl (C=O) groups excluding carboxylic acids is 1. The number of thioether (sulfide) groups is 1. The van der Waals surface area contributed by atoms with E-state index in [2.05, 4.69) is 59.1 Å². The van der Waals surface area contributed by atoms with Crippen molar-refractivity contribution in [2.45, 2.75) is 24.0 Å². The Hall–Kier alpha value is -1.01. The molecule has 20 heavy (non-hydrogen) atoms. The van der Waals surface area contributed by atoms with E-state index in [0.717, 1.165) is 14.2 Å². The molecule has 0 aliphatic heterocycles. The minimum Gasteiger partial charge on any atom is -0.325 e. The maximum absolute atomic E-state index is 12.1. The summed E-state index contributed by atoms with van der Waals surface area (Å²) in [4.78, 5) is 13.2. The standard InChI is InChI=1S/C16H16INOS/c1-11-3-9-15(10-4-11)20-12(2)16(19)18-14-7-5-13(17)6-8-14/h3-10,12H,1-2H3,(H,18,19). The lowest BCUT2D eigenvalue weighted by atomic mass is 10.2. The molecule has 104 valence electrons. The van der Waals surface area contributed by atoms with Crippen LogP contribution < -0.4 is 5.32 Å². The van der Waals surface area contributed by atoms with Gasteiger partial charge in [0.1, 0.15) is 0 Å². The molecule has 1 N–H and O–H groups in total. The summed E-state index contributed by atoms with van der Waals surface area (Å²) in [5, 5.41) is 2.81. The average molecular weight is 397 g/mol. The van der Waals surface area contributed by atoms with Gasteiger partial charge in [0.2, 0.25) is 5.91 Å². The van der Waals surface area contributed by atoms with Crippen LogP contribution in [0.2, 0.25) is 0 Å². The first-order chi connectivity index (χ1) is 9.54. The molecule has 0 aliphatic carbocycles. The number of aryl methyl sites for hydroxylation is 1. The quantitative estimate of drug-likeness (QED) is 0.598. The molecule has 4 heteroatoms. The SMILES string of the molecule is Cc1ccc(SC(C)C(=O)Nc2ccc(I)cc2)cc1. The molecule has 0 aliphatic rings. The van der Waals surface area contributed by atoms with Gasteiger partial charge in [-0.3, -0.25) is 4.79 Å². The Morgan fingerprint density at radius 3 is 2.30 bits per heavy atom. The second-order valence-electron chi connectivity index (χ2n) is 4.57. The molecule has 2 rings (SSSR count). The molecule has 0 heterocycles.